The van der Waals surface area contributed by atoms with E-state index in [2.05, 4.69) is 5.32 Å². The number of aryl methyl sites for hydroxylation is 1. The SMILES string of the molecule is CC(=O)Nc1ccc(C(=O)/C=C/c2ccc(C)o2)c(O)c1. The number of nitrogens with one attached hydrogen (secondary N) is 1. The summed E-state index contributed by atoms with van der Waals surface area (Å²) in [6.07, 6.45) is 2.86. The highest BCUT2D eigenvalue weighted by atomic mass is 16.3. The van der Waals surface area contributed by atoms with Crippen molar-refractivity contribution >= 4 is 23.5 Å². The van der Waals surface area contributed by atoms with Crippen molar-refractivity contribution < 1.29 is 19.1 Å². The molecule has 21 heavy (non-hydrogen) atoms. The van der Waals surface area contributed by atoms with Crippen LogP contribution in [0, 0.1) is 6.92 Å². The van der Waals surface area contributed by atoms with Crippen molar-refractivity contribution in [3.63, 3.8) is 0 Å². The molecule has 0 unspecified atom stereocenters. The Morgan fingerprint density at radius 3 is 2.57 bits per heavy atom. The molecule has 0 spiro atoms. The molecule has 108 valence electrons. The zero-order valence-electron chi connectivity index (χ0n) is 11.7. The molecule has 0 saturated heterocycles. The quantitative estimate of drug-likeness (QED) is 0.668. The molecule has 0 radical (unpaired) electrons. The third-order valence-electron chi connectivity index (χ3n) is 2.74. The van der Waals surface area contributed by atoms with Gasteiger partial charge in [-0.05, 0) is 43.3 Å². The second-order valence-electron chi connectivity index (χ2n) is 4.56. The van der Waals surface area contributed by atoms with E-state index in [9.17, 15) is 14.7 Å². The smallest absolute Gasteiger partial charge is 0.221 e. The standard InChI is InChI=1S/C16H15NO4/c1-10-3-5-13(21-10)6-8-15(19)14-7-4-12(9-16(14)20)17-11(2)18/h3-9,20H,1-2H3,(H,17,18)/b8-6+. The van der Waals surface area contributed by atoms with Crippen LogP contribution in [0.4, 0.5) is 5.69 Å². The number of carbonyl (C=O) groups excluding carboxylic acids is 2. The van der Waals surface area contributed by atoms with E-state index >= 15 is 0 Å². The fourth-order valence-electron chi connectivity index (χ4n) is 1.81. The number of hydrogen-bond acceptors (Lipinski definition) is 4. The van der Waals surface area contributed by atoms with Crippen LogP contribution >= 0.6 is 0 Å². The molecule has 0 atom stereocenters. The molecule has 1 aromatic heterocycles. The number of amides is 1. The van der Waals surface area contributed by atoms with Crippen LogP contribution in [0.2, 0.25) is 0 Å². The van der Waals surface area contributed by atoms with Crippen LogP contribution in [-0.2, 0) is 4.79 Å². The highest BCUT2D eigenvalue weighted by molar-refractivity contribution is 6.08. The molecule has 0 fully saturated rings. The van der Waals surface area contributed by atoms with E-state index in [1.165, 1.54) is 31.2 Å². The monoisotopic (exact) mass is 285 g/mol. The summed E-state index contributed by atoms with van der Waals surface area (Å²) >= 11 is 0. The van der Waals surface area contributed by atoms with Crippen molar-refractivity contribution in [3.8, 4) is 5.75 Å². The van der Waals surface area contributed by atoms with E-state index in [1.54, 1.807) is 18.2 Å². The van der Waals surface area contributed by atoms with Gasteiger partial charge in [0, 0.05) is 18.7 Å². The van der Waals surface area contributed by atoms with Crippen molar-refractivity contribution in [2.24, 2.45) is 0 Å². The van der Waals surface area contributed by atoms with E-state index in [0.717, 1.165) is 5.76 Å². The lowest BCUT2D eigenvalue weighted by Crippen LogP contribution is -2.06. The van der Waals surface area contributed by atoms with Gasteiger partial charge in [0.15, 0.2) is 5.78 Å². The molecule has 5 nitrogen and oxygen atoms in total. The van der Waals surface area contributed by atoms with Gasteiger partial charge in [-0.1, -0.05) is 0 Å². The largest absolute Gasteiger partial charge is 0.507 e. The Hall–Kier alpha value is -2.82. The summed E-state index contributed by atoms with van der Waals surface area (Å²) in [5, 5.41) is 12.4. The number of allylic oxidation sites excluding steroid dienone is 1. The summed E-state index contributed by atoms with van der Waals surface area (Å²) in [6.45, 7) is 3.18. The topological polar surface area (TPSA) is 79.5 Å². The average molecular weight is 285 g/mol. The predicted octanol–water partition coefficient (Wildman–Crippen LogP) is 3.15. The first-order chi connectivity index (χ1) is 9.95. The lowest BCUT2D eigenvalue weighted by atomic mass is 10.1. The highest BCUT2D eigenvalue weighted by Gasteiger charge is 2.09. The van der Waals surface area contributed by atoms with Gasteiger partial charge in [0.1, 0.15) is 17.3 Å². The Balaban J connectivity index is 2.15. The minimum atomic E-state index is -0.351. The van der Waals surface area contributed by atoms with Gasteiger partial charge in [-0.3, -0.25) is 9.59 Å². The molecule has 2 N–H and O–H groups in total. The number of rotatable bonds is 4. The second kappa shape index (κ2) is 6.09. The van der Waals surface area contributed by atoms with Gasteiger partial charge in [-0.15, -0.1) is 0 Å². The molecule has 2 aromatic rings. The van der Waals surface area contributed by atoms with E-state index in [0.29, 0.717) is 11.4 Å². The zero-order valence-corrected chi connectivity index (χ0v) is 11.7. The van der Waals surface area contributed by atoms with Crippen molar-refractivity contribution in [2.75, 3.05) is 5.32 Å². The molecular weight excluding hydrogens is 270 g/mol. The number of ketones is 1. The molecule has 0 saturated carbocycles. The van der Waals surface area contributed by atoms with E-state index in [-0.39, 0.29) is 23.0 Å². The second-order valence-corrected chi connectivity index (χ2v) is 4.56. The van der Waals surface area contributed by atoms with Gasteiger partial charge in [-0.2, -0.15) is 0 Å². The fourth-order valence-corrected chi connectivity index (χ4v) is 1.81. The number of phenolic OH excluding ortho intramolecular Hbond substituents is 1. The van der Waals surface area contributed by atoms with Gasteiger partial charge < -0.3 is 14.8 Å². The molecule has 0 aliphatic rings. The van der Waals surface area contributed by atoms with Crippen LogP contribution in [0.1, 0.15) is 28.8 Å². The maximum Gasteiger partial charge on any atom is 0.221 e. The number of phenols is 1. The van der Waals surface area contributed by atoms with Crippen molar-refractivity contribution in [1.29, 1.82) is 0 Å². The summed E-state index contributed by atoms with van der Waals surface area (Å²) in [5.41, 5.74) is 0.589. The number of carbonyl (C=O) groups is 2. The molecule has 5 heteroatoms. The molecule has 1 amide bonds. The number of benzene rings is 1. The molecule has 1 aromatic carbocycles. The minimum Gasteiger partial charge on any atom is -0.507 e. The first-order valence-corrected chi connectivity index (χ1v) is 6.35. The van der Waals surface area contributed by atoms with E-state index < -0.39 is 0 Å². The van der Waals surface area contributed by atoms with Gasteiger partial charge in [0.2, 0.25) is 5.91 Å². The number of anilines is 1. The van der Waals surface area contributed by atoms with E-state index in [4.69, 9.17) is 4.42 Å². The molecule has 2 rings (SSSR count). The third-order valence-corrected chi connectivity index (χ3v) is 2.74. The molecule has 1 heterocycles. The molecular formula is C16H15NO4. The van der Waals surface area contributed by atoms with Crippen molar-refractivity contribution in [2.45, 2.75) is 13.8 Å². The highest BCUT2D eigenvalue weighted by Crippen LogP contribution is 2.23. The van der Waals surface area contributed by atoms with Crippen LogP contribution in [0.25, 0.3) is 6.08 Å². The van der Waals surface area contributed by atoms with Gasteiger partial charge >= 0.3 is 0 Å². The van der Waals surface area contributed by atoms with Crippen LogP contribution < -0.4 is 5.32 Å². The average Bonchev–Trinajstić information content (AvgIpc) is 2.81. The summed E-state index contributed by atoms with van der Waals surface area (Å²) in [7, 11) is 0. The summed E-state index contributed by atoms with van der Waals surface area (Å²) in [4.78, 5) is 22.9. The Kier molecular flexibility index (Phi) is 4.23. The van der Waals surface area contributed by atoms with Gasteiger partial charge in [0.05, 0.1) is 5.56 Å². The lowest BCUT2D eigenvalue weighted by molar-refractivity contribution is -0.114. The fraction of sp³-hybridized carbons (Fsp3) is 0.125. The lowest BCUT2D eigenvalue weighted by Gasteiger charge is -2.05. The van der Waals surface area contributed by atoms with E-state index in [1.807, 2.05) is 6.92 Å². The predicted molar refractivity (Wildman–Crippen MR) is 79.2 cm³/mol. The Labute approximate surface area is 121 Å². The van der Waals surface area contributed by atoms with Crippen molar-refractivity contribution in [1.82, 2.24) is 0 Å². The van der Waals surface area contributed by atoms with Gasteiger partial charge in [-0.25, -0.2) is 0 Å². The third kappa shape index (κ3) is 3.82. The number of hydrogen-bond donors (Lipinski definition) is 2. The Bertz CT molecular complexity index is 713. The Morgan fingerprint density at radius 2 is 2.00 bits per heavy atom. The molecule has 0 aliphatic carbocycles. The molecule has 0 bridgehead atoms. The minimum absolute atomic E-state index is 0.156. The number of aromatic hydroxyl groups is 1. The first-order valence-electron chi connectivity index (χ1n) is 6.35. The van der Waals surface area contributed by atoms with Crippen molar-refractivity contribution in [3.05, 3.63) is 53.5 Å². The van der Waals surface area contributed by atoms with Crippen LogP contribution in [-0.4, -0.2) is 16.8 Å². The first kappa shape index (κ1) is 14.6. The molecule has 0 aliphatic heterocycles. The summed E-state index contributed by atoms with van der Waals surface area (Å²) < 4.78 is 5.31. The van der Waals surface area contributed by atoms with Gasteiger partial charge in [0.25, 0.3) is 0 Å². The summed E-state index contributed by atoms with van der Waals surface area (Å²) in [5.74, 6) is 0.531. The maximum absolute atomic E-state index is 12.0. The maximum atomic E-state index is 12.0. The zero-order chi connectivity index (χ0) is 15.4. The van der Waals surface area contributed by atoms with Crippen LogP contribution in [0.3, 0.4) is 0 Å². The normalized spacial score (nSPS) is 10.8. The van der Waals surface area contributed by atoms with Crippen LogP contribution in [0.5, 0.6) is 5.75 Å². The summed E-state index contributed by atoms with van der Waals surface area (Å²) in [6, 6.07) is 7.89. The van der Waals surface area contributed by atoms with Crippen LogP contribution in [0.15, 0.2) is 40.8 Å². The number of furan rings is 1. The Morgan fingerprint density at radius 1 is 1.24 bits per heavy atom.